The number of hydrogen-bond acceptors (Lipinski definition) is 2. The summed E-state index contributed by atoms with van der Waals surface area (Å²) in [5, 5.41) is 12.2. The van der Waals surface area contributed by atoms with E-state index in [0.29, 0.717) is 23.2 Å². The molecule has 1 aromatic carbocycles. The number of carbonyl (C=O) groups excluding carboxylic acids is 1. The second-order valence-corrected chi connectivity index (χ2v) is 6.45. The summed E-state index contributed by atoms with van der Waals surface area (Å²) in [5.41, 5.74) is -0.908. The van der Waals surface area contributed by atoms with Gasteiger partial charge in [-0.05, 0) is 59.7 Å². The lowest BCUT2D eigenvalue weighted by molar-refractivity contribution is 0.0886. The van der Waals surface area contributed by atoms with Crippen LogP contribution in [0.3, 0.4) is 0 Å². The van der Waals surface area contributed by atoms with Crippen LogP contribution in [0, 0.1) is 23.1 Å². The third-order valence-corrected chi connectivity index (χ3v) is 4.95. The molecule has 5 heteroatoms. The van der Waals surface area contributed by atoms with Crippen LogP contribution >= 0.6 is 15.9 Å². The lowest BCUT2D eigenvalue weighted by atomic mass is 9.76. The Morgan fingerprint density at radius 1 is 1.52 bits per heavy atom. The van der Waals surface area contributed by atoms with Gasteiger partial charge in [0, 0.05) is 4.47 Å². The van der Waals surface area contributed by atoms with Crippen LogP contribution in [0.25, 0.3) is 0 Å². The van der Waals surface area contributed by atoms with Gasteiger partial charge in [0.2, 0.25) is 0 Å². The van der Waals surface area contributed by atoms with Crippen LogP contribution in [-0.4, -0.2) is 11.4 Å². The Morgan fingerprint density at radius 2 is 2.19 bits per heavy atom. The molecule has 0 radical (unpaired) electrons. The maximum atomic E-state index is 13.8. The lowest BCUT2D eigenvalue weighted by Crippen LogP contribution is -2.49. The van der Waals surface area contributed by atoms with Crippen molar-refractivity contribution in [2.24, 2.45) is 5.92 Å². The summed E-state index contributed by atoms with van der Waals surface area (Å²) in [7, 11) is 0. The Balaban J connectivity index is 2.16. The molecule has 3 nitrogen and oxygen atoms in total. The number of halogens is 2. The average Bonchev–Trinajstić information content (AvgIpc) is 2.48. The third kappa shape index (κ3) is 3.44. The first-order valence-electron chi connectivity index (χ1n) is 7.19. The molecule has 0 saturated heterocycles. The fourth-order valence-electron chi connectivity index (χ4n) is 2.84. The van der Waals surface area contributed by atoms with Crippen LogP contribution in [0.2, 0.25) is 0 Å². The molecular weight excluding hydrogens is 335 g/mol. The highest BCUT2D eigenvalue weighted by Gasteiger charge is 2.37. The molecule has 1 aliphatic carbocycles. The van der Waals surface area contributed by atoms with Crippen LogP contribution in [0.1, 0.15) is 49.4 Å². The van der Waals surface area contributed by atoms with E-state index in [0.717, 1.165) is 19.3 Å². The number of nitrogens with one attached hydrogen (secondary N) is 1. The van der Waals surface area contributed by atoms with Gasteiger partial charge in [-0.1, -0.05) is 19.4 Å². The molecule has 0 unspecified atom stereocenters. The number of hydrogen-bond donors (Lipinski definition) is 1. The van der Waals surface area contributed by atoms with Crippen LogP contribution in [-0.2, 0) is 0 Å². The Hall–Kier alpha value is -1.41. The van der Waals surface area contributed by atoms with Gasteiger partial charge in [-0.2, -0.15) is 5.26 Å². The number of rotatable bonds is 3. The number of nitrogens with zero attached hydrogens (tertiary/aromatic N) is 1. The molecule has 21 heavy (non-hydrogen) atoms. The predicted octanol–water partition coefficient (Wildman–Crippen LogP) is 4.18. The van der Waals surface area contributed by atoms with Crippen LogP contribution in [0.15, 0.2) is 22.7 Å². The molecule has 1 aliphatic rings. The SMILES string of the molecule is CCC1CCC(C#N)(NC(=O)c2c(F)cccc2Br)CC1. The van der Waals surface area contributed by atoms with Gasteiger partial charge in [-0.3, -0.25) is 4.79 Å². The highest BCUT2D eigenvalue weighted by atomic mass is 79.9. The van der Waals surface area contributed by atoms with Crippen LogP contribution < -0.4 is 5.32 Å². The van der Waals surface area contributed by atoms with Gasteiger partial charge in [0.15, 0.2) is 0 Å². The third-order valence-electron chi connectivity index (χ3n) is 4.29. The molecule has 1 aromatic rings. The molecule has 1 fully saturated rings. The smallest absolute Gasteiger partial charge is 0.256 e. The predicted molar refractivity (Wildman–Crippen MR) is 82.2 cm³/mol. The zero-order valence-corrected chi connectivity index (χ0v) is 13.5. The van der Waals surface area contributed by atoms with E-state index in [4.69, 9.17) is 0 Å². The number of nitriles is 1. The van der Waals surface area contributed by atoms with E-state index in [-0.39, 0.29) is 5.56 Å². The summed E-state index contributed by atoms with van der Waals surface area (Å²) in [6.07, 6.45) is 4.18. The zero-order valence-electron chi connectivity index (χ0n) is 12.0. The molecule has 0 heterocycles. The van der Waals surface area contributed by atoms with E-state index in [1.54, 1.807) is 6.07 Å². The minimum absolute atomic E-state index is 0.0373. The summed E-state index contributed by atoms with van der Waals surface area (Å²) < 4.78 is 14.2. The molecule has 1 saturated carbocycles. The van der Waals surface area contributed by atoms with Crippen molar-refractivity contribution in [2.75, 3.05) is 0 Å². The van der Waals surface area contributed by atoms with E-state index >= 15 is 0 Å². The largest absolute Gasteiger partial charge is 0.334 e. The highest BCUT2D eigenvalue weighted by Crippen LogP contribution is 2.34. The topological polar surface area (TPSA) is 52.9 Å². The minimum Gasteiger partial charge on any atom is -0.334 e. The van der Waals surface area contributed by atoms with Crippen molar-refractivity contribution >= 4 is 21.8 Å². The van der Waals surface area contributed by atoms with Gasteiger partial charge in [0.05, 0.1) is 11.6 Å². The van der Waals surface area contributed by atoms with Crippen LogP contribution in [0.4, 0.5) is 4.39 Å². The average molecular weight is 353 g/mol. The van der Waals surface area contributed by atoms with E-state index in [2.05, 4.69) is 34.2 Å². The van der Waals surface area contributed by atoms with Crippen molar-refractivity contribution in [3.63, 3.8) is 0 Å². The van der Waals surface area contributed by atoms with Crippen molar-refractivity contribution in [1.29, 1.82) is 5.26 Å². The summed E-state index contributed by atoms with van der Waals surface area (Å²) >= 11 is 3.19. The Bertz CT molecular complexity index is 554. The summed E-state index contributed by atoms with van der Waals surface area (Å²) in [6, 6.07) is 6.62. The van der Waals surface area contributed by atoms with Crippen molar-refractivity contribution in [3.05, 3.63) is 34.1 Å². The molecule has 1 N–H and O–H groups in total. The van der Waals surface area contributed by atoms with Gasteiger partial charge in [0.25, 0.3) is 5.91 Å². The van der Waals surface area contributed by atoms with Crippen molar-refractivity contribution < 1.29 is 9.18 Å². The standard InChI is InChI=1S/C16H18BrFN2O/c1-2-11-6-8-16(10-19,9-7-11)20-15(21)14-12(17)4-3-5-13(14)18/h3-5,11H,2,6-9H2,1H3,(H,20,21). The fraction of sp³-hybridized carbons (Fsp3) is 0.500. The van der Waals surface area contributed by atoms with E-state index in [9.17, 15) is 14.4 Å². The first kappa shape index (κ1) is 16.0. The molecule has 0 atom stereocenters. The zero-order chi connectivity index (χ0) is 15.5. The summed E-state index contributed by atoms with van der Waals surface area (Å²) in [6.45, 7) is 2.14. The molecule has 112 valence electrons. The first-order valence-corrected chi connectivity index (χ1v) is 7.98. The maximum Gasteiger partial charge on any atom is 0.256 e. The number of carbonyl (C=O) groups is 1. The van der Waals surface area contributed by atoms with Gasteiger partial charge < -0.3 is 5.32 Å². The maximum absolute atomic E-state index is 13.8. The number of benzene rings is 1. The van der Waals surface area contributed by atoms with Crippen molar-refractivity contribution in [2.45, 2.75) is 44.6 Å². The molecule has 0 aromatic heterocycles. The van der Waals surface area contributed by atoms with Gasteiger partial charge >= 0.3 is 0 Å². The fourth-order valence-corrected chi connectivity index (χ4v) is 3.36. The monoisotopic (exact) mass is 352 g/mol. The summed E-state index contributed by atoms with van der Waals surface area (Å²) in [5.74, 6) is -0.503. The first-order chi connectivity index (χ1) is 10.0. The molecule has 1 amide bonds. The number of amides is 1. The Morgan fingerprint density at radius 3 is 2.71 bits per heavy atom. The Kier molecular flexibility index (Phi) is 5.00. The normalized spacial score (nSPS) is 25.1. The van der Waals surface area contributed by atoms with Gasteiger partial charge in [-0.15, -0.1) is 0 Å². The van der Waals surface area contributed by atoms with Crippen molar-refractivity contribution in [3.8, 4) is 6.07 Å². The molecule has 0 spiro atoms. The van der Waals surface area contributed by atoms with Crippen molar-refractivity contribution in [1.82, 2.24) is 5.32 Å². The highest BCUT2D eigenvalue weighted by molar-refractivity contribution is 9.10. The van der Waals surface area contributed by atoms with E-state index in [1.807, 2.05) is 0 Å². The Labute approximate surface area is 132 Å². The van der Waals surface area contributed by atoms with E-state index < -0.39 is 17.3 Å². The molecule has 0 bridgehead atoms. The summed E-state index contributed by atoms with van der Waals surface area (Å²) in [4.78, 5) is 12.3. The van der Waals surface area contributed by atoms with E-state index in [1.165, 1.54) is 12.1 Å². The lowest BCUT2D eigenvalue weighted by Gasteiger charge is -2.35. The van der Waals surface area contributed by atoms with Gasteiger partial charge in [0.1, 0.15) is 11.4 Å². The molecule has 0 aliphatic heterocycles. The minimum atomic E-state index is -0.871. The second kappa shape index (κ2) is 6.57. The second-order valence-electron chi connectivity index (χ2n) is 5.60. The van der Waals surface area contributed by atoms with Gasteiger partial charge in [-0.25, -0.2) is 4.39 Å². The quantitative estimate of drug-likeness (QED) is 0.886. The molecular formula is C16H18BrFN2O. The van der Waals surface area contributed by atoms with Crippen LogP contribution in [0.5, 0.6) is 0 Å². The molecule has 2 rings (SSSR count).